The molecular weight excluding hydrogens is 240 g/mol. The van der Waals surface area contributed by atoms with E-state index in [1.807, 2.05) is 25.1 Å². The Balaban J connectivity index is 1.91. The van der Waals surface area contributed by atoms with Crippen LogP contribution in [0, 0.1) is 5.92 Å². The maximum Gasteiger partial charge on any atom is 0.255 e. The van der Waals surface area contributed by atoms with E-state index in [0.29, 0.717) is 30.4 Å². The van der Waals surface area contributed by atoms with Gasteiger partial charge >= 0.3 is 0 Å². The van der Waals surface area contributed by atoms with Crippen molar-refractivity contribution in [2.75, 3.05) is 13.2 Å². The number of amides is 1. The number of ether oxygens (including phenoxy) is 1. The van der Waals surface area contributed by atoms with Crippen molar-refractivity contribution in [2.24, 2.45) is 11.7 Å². The number of nitrogens with one attached hydrogen (secondary N) is 1. The highest BCUT2D eigenvalue weighted by atomic mass is 16.5. The Labute approximate surface area is 114 Å². The van der Waals surface area contributed by atoms with Crippen molar-refractivity contribution in [2.45, 2.75) is 32.2 Å². The average Bonchev–Trinajstić information content (AvgIpc) is 3.20. The van der Waals surface area contributed by atoms with Crippen LogP contribution >= 0.6 is 0 Å². The van der Waals surface area contributed by atoms with Crippen LogP contribution in [0.15, 0.2) is 24.3 Å². The summed E-state index contributed by atoms with van der Waals surface area (Å²) >= 11 is 0. The summed E-state index contributed by atoms with van der Waals surface area (Å²) in [7, 11) is 0. The first kappa shape index (κ1) is 13.9. The lowest BCUT2D eigenvalue weighted by molar-refractivity contribution is 0.0948. The lowest BCUT2D eigenvalue weighted by Crippen LogP contribution is -2.29. The molecule has 0 saturated heterocycles. The Morgan fingerprint density at radius 3 is 2.89 bits per heavy atom. The highest BCUT2D eigenvalue weighted by Crippen LogP contribution is 2.30. The van der Waals surface area contributed by atoms with Gasteiger partial charge in [0.05, 0.1) is 12.2 Å². The first-order valence-corrected chi connectivity index (χ1v) is 6.92. The van der Waals surface area contributed by atoms with Crippen LogP contribution in [-0.4, -0.2) is 25.1 Å². The smallest absolute Gasteiger partial charge is 0.255 e. The quantitative estimate of drug-likeness (QED) is 0.789. The molecule has 2 rings (SSSR count). The summed E-state index contributed by atoms with van der Waals surface area (Å²) < 4.78 is 5.72. The Kier molecular flexibility index (Phi) is 4.80. The van der Waals surface area contributed by atoms with Crippen LogP contribution in [-0.2, 0) is 0 Å². The summed E-state index contributed by atoms with van der Waals surface area (Å²) in [5, 5.41) is 2.88. The molecule has 1 aromatic carbocycles. The lowest BCUT2D eigenvalue weighted by Gasteiger charge is -2.12. The van der Waals surface area contributed by atoms with Crippen molar-refractivity contribution >= 4 is 5.91 Å². The first-order valence-electron chi connectivity index (χ1n) is 6.92. The SMILES string of the molecule is CC(N)CCNC(=O)c1ccccc1OCC1CC1. The minimum Gasteiger partial charge on any atom is -0.492 e. The minimum absolute atomic E-state index is 0.0907. The number of carbonyl (C=O) groups is 1. The van der Waals surface area contributed by atoms with Crippen LogP contribution in [0.4, 0.5) is 0 Å². The third-order valence-electron chi connectivity index (χ3n) is 3.19. The highest BCUT2D eigenvalue weighted by molar-refractivity contribution is 5.96. The fourth-order valence-electron chi connectivity index (χ4n) is 1.78. The number of para-hydroxylation sites is 1. The average molecular weight is 262 g/mol. The monoisotopic (exact) mass is 262 g/mol. The number of rotatable bonds is 7. The van der Waals surface area contributed by atoms with Crippen molar-refractivity contribution in [1.29, 1.82) is 0 Å². The van der Waals surface area contributed by atoms with Gasteiger partial charge in [-0.3, -0.25) is 4.79 Å². The lowest BCUT2D eigenvalue weighted by atomic mass is 10.2. The molecule has 19 heavy (non-hydrogen) atoms. The van der Waals surface area contributed by atoms with Crippen LogP contribution in [0.3, 0.4) is 0 Å². The van der Waals surface area contributed by atoms with Gasteiger partial charge in [0.1, 0.15) is 5.75 Å². The molecule has 0 aliphatic heterocycles. The number of carbonyl (C=O) groups excluding carboxylic acids is 1. The molecule has 0 aromatic heterocycles. The molecule has 0 radical (unpaired) electrons. The maximum absolute atomic E-state index is 12.1. The van der Waals surface area contributed by atoms with E-state index < -0.39 is 0 Å². The van der Waals surface area contributed by atoms with Crippen molar-refractivity contribution in [3.63, 3.8) is 0 Å². The van der Waals surface area contributed by atoms with Crippen LogP contribution < -0.4 is 15.8 Å². The fraction of sp³-hybridized carbons (Fsp3) is 0.533. The molecule has 104 valence electrons. The second-order valence-electron chi connectivity index (χ2n) is 5.27. The largest absolute Gasteiger partial charge is 0.492 e. The molecule has 1 amide bonds. The minimum atomic E-state index is -0.0907. The number of benzene rings is 1. The predicted octanol–water partition coefficient (Wildman–Crippen LogP) is 1.94. The van der Waals surface area contributed by atoms with E-state index in [1.54, 1.807) is 6.07 Å². The van der Waals surface area contributed by atoms with Gasteiger partial charge in [-0.15, -0.1) is 0 Å². The van der Waals surface area contributed by atoms with E-state index in [0.717, 1.165) is 6.42 Å². The fourth-order valence-corrected chi connectivity index (χ4v) is 1.78. The zero-order valence-corrected chi connectivity index (χ0v) is 11.4. The van der Waals surface area contributed by atoms with Gasteiger partial charge in [-0.25, -0.2) is 0 Å². The van der Waals surface area contributed by atoms with Crippen molar-refractivity contribution < 1.29 is 9.53 Å². The Bertz CT molecular complexity index is 428. The molecule has 1 atom stereocenters. The molecule has 0 heterocycles. The van der Waals surface area contributed by atoms with Gasteiger partial charge in [-0.05, 0) is 44.2 Å². The zero-order valence-electron chi connectivity index (χ0n) is 11.4. The van der Waals surface area contributed by atoms with E-state index in [4.69, 9.17) is 10.5 Å². The van der Waals surface area contributed by atoms with Crippen molar-refractivity contribution in [3.05, 3.63) is 29.8 Å². The van der Waals surface area contributed by atoms with Gasteiger partial charge in [0.2, 0.25) is 0 Å². The number of nitrogens with two attached hydrogens (primary N) is 1. The molecule has 1 aliphatic rings. The van der Waals surface area contributed by atoms with Gasteiger partial charge in [-0.2, -0.15) is 0 Å². The Hall–Kier alpha value is -1.55. The Morgan fingerprint density at radius 2 is 2.21 bits per heavy atom. The summed E-state index contributed by atoms with van der Waals surface area (Å²) in [5.41, 5.74) is 6.26. The van der Waals surface area contributed by atoms with Crippen LogP contribution in [0.1, 0.15) is 36.5 Å². The number of hydrogen-bond acceptors (Lipinski definition) is 3. The van der Waals surface area contributed by atoms with Crippen LogP contribution in [0.2, 0.25) is 0 Å². The molecule has 0 bridgehead atoms. The van der Waals surface area contributed by atoms with Gasteiger partial charge in [0.25, 0.3) is 5.91 Å². The van der Waals surface area contributed by atoms with E-state index in [9.17, 15) is 4.79 Å². The molecule has 4 nitrogen and oxygen atoms in total. The molecule has 1 fully saturated rings. The molecule has 1 saturated carbocycles. The summed E-state index contributed by atoms with van der Waals surface area (Å²) in [6.45, 7) is 3.23. The predicted molar refractivity (Wildman–Crippen MR) is 75.3 cm³/mol. The maximum atomic E-state index is 12.1. The Morgan fingerprint density at radius 1 is 1.47 bits per heavy atom. The van der Waals surface area contributed by atoms with E-state index in [2.05, 4.69) is 5.32 Å². The molecule has 1 aliphatic carbocycles. The molecule has 0 spiro atoms. The first-order chi connectivity index (χ1) is 9.16. The number of hydrogen-bond donors (Lipinski definition) is 2. The van der Waals surface area contributed by atoms with Crippen molar-refractivity contribution in [1.82, 2.24) is 5.32 Å². The van der Waals surface area contributed by atoms with E-state index in [-0.39, 0.29) is 11.9 Å². The summed E-state index contributed by atoms with van der Waals surface area (Å²) in [4.78, 5) is 12.1. The summed E-state index contributed by atoms with van der Waals surface area (Å²) in [5.74, 6) is 1.26. The third kappa shape index (κ3) is 4.56. The van der Waals surface area contributed by atoms with Gasteiger partial charge in [0, 0.05) is 12.6 Å². The van der Waals surface area contributed by atoms with Crippen molar-refractivity contribution in [3.8, 4) is 5.75 Å². The standard InChI is InChI=1S/C15H22N2O2/c1-11(16)8-9-17-15(18)13-4-2-3-5-14(13)19-10-12-6-7-12/h2-5,11-12H,6-10,16H2,1H3,(H,17,18). The third-order valence-corrected chi connectivity index (χ3v) is 3.19. The van der Waals surface area contributed by atoms with Crippen LogP contribution in [0.25, 0.3) is 0 Å². The van der Waals surface area contributed by atoms with Gasteiger partial charge in [-0.1, -0.05) is 12.1 Å². The molecular formula is C15H22N2O2. The van der Waals surface area contributed by atoms with Gasteiger partial charge < -0.3 is 15.8 Å². The molecule has 1 unspecified atom stereocenters. The molecule has 3 N–H and O–H groups in total. The summed E-state index contributed by atoms with van der Waals surface area (Å²) in [6.07, 6.45) is 3.25. The van der Waals surface area contributed by atoms with E-state index in [1.165, 1.54) is 12.8 Å². The molecule has 1 aromatic rings. The molecule has 4 heteroatoms. The highest BCUT2D eigenvalue weighted by Gasteiger charge is 2.22. The van der Waals surface area contributed by atoms with Gasteiger partial charge in [0.15, 0.2) is 0 Å². The van der Waals surface area contributed by atoms with E-state index >= 15 is 0 Å². The second-order valence-corrected chi connectivity index (χ2v) is 5.27. The zero-order chi connectivity index (χ0) is 13.7. The second kappa shape index (κ2) is 6.57. The summed E-state index contributed by atoms with van der Waals surface area (Å²) in [6, 6.07) is 7.49. The normalized spacial score (nSPS) is 15.9. The topological polar surface area (TPSA) is 64.3 Å². The van der Waals surface area contributed by atoms with Crippen LogP contribution in [0.5, 0.6) is 5.75 Å².